The molecule has 0 aliphatic rings. The largest absolute Gasteiger partial charge is 0.355 e. The molecule has 1 N–H and O–H groups in total. The Morgan fingerprint density at radius 1 is 1.13 bits per heavy atom. The maximum Gasteiger partial charge on any atom is 0.283 e. The van der Waals surface area contributed by atoms with Crippen LogP contribution in [0.15, 0.2) is 47.4 Å². The quantitative estimate of drug-likeness (QED) is 0.363. The van der Waals surface area contributed by atoms with E-state index in [9.17, 15) is 19.7 Å². The van der Waals surface area contributed by atoms with Crippen molar-refractivity contribution in [2.75, 3.05) is 19.8 Å². The number of hydrogen-bond acceptors (Lipinski definition) is 5. The highest BCUT2D eigenvalue weighted by molar-refractivity contribution is 7.99. The number of thioether (sulfide) groups is 1. The number of benzene rings is 2. The van der Waals surface area contributed by atoms with Gasteiger partial charge in [-0.15, -0.1) is 11.8 Å². The van der Waals surface area contributed by atoms with Crippen molar-refractivity contribution in [3.05, 3.63) is 69.3 Å². The maximum atomic E-state index is 12.8. The highest BCUT2D eigenvalue weighted by Crippen LogP contribution is 2.31. The summed E-state index contributed by atoms with van der Waals surface area (Å²) < 4.78 is 0. The Hall–Kier alpha value is -2.87. The molecule has 0 spiro atoms. The van der Waals surface area contributed by atoms with Crippen molar-refractivity contribution in [2.45, 2.75) is 31.7 Å². The predicted octanol–water partition coefficient (Wildman–Crippen LogP) is 4.36. The second-order valence-corrected chi connectivity index (χ2v) is 8.54. The molecule has 0 aliphatic heterocycles. The van der Waals surface area contributed by atoms with Crippen LogP contribution in [0, 0.1) is 16.0 Å². The van der Waals surface area contributed by atoms with Crippen LogP contribution in [0.5, 0.6) is 0 Å². The van der Waals surface area contributed by atoms with E-state index >= 15 is 0 Å². The summed E-state index contributed by atoms with van der Waals surface area (Å²) in [5.74, 6) is 0.839. The molecule has 2 aromatic carbocycles. The molecule has 0 bridgehead atoms. The zero-order valence-electron chi connectivity index (χ0n) is 17.7. The van der Waals surface area contributed by atoms with E-state index in [0.29, 0.717) is 22.9 Å². The molecule has 160 valence electrons. The van der Waals surface area contributed by atoms with E-state index in [1.807, 2.05) is 0 Å². The van der Waals surface area contributed by atoms with Crippen molar-refractivity contribution < 1.29 is 14.5 Å². The molecule has 0 saturated carbocycles. The number of carbonyl (C=O) groups is 2. The number of nitrogens with one attached hydrogen (secondary N) is 1. The fourth-order valence-electron chi connectivity index (χ4n) is 2.79. The van der Waals surface area contributed by atoms with E-state index in [4.69, 9.17) is 0 Å². The van der Waals surface area contributed by atoms with Gasteiger partial charge in [-0.05, 0) is 47.9 Å². The minimum absolute atomic E-state index is 0.0436. The molecule has 7 nitrogen and oxygen atoms in total. The lowest BCUT2D eigenvalue weighted by Crippen LogP contribution is -2.26. The second kappa shape index (κ2) is 10.8. The van der Waals surface area contributed by atoms with Crippen LogP contribution >= 0.6 is 11.8 Å². The van der Waals surface area contributed by atoms with Crippen LogP contribution in [0.2, 0.25) is 0 Å². The van der Waals surface area contributed by atoms with E-state index in [0.717, 1.165) is 17.7 Å². The topological polar surface area (TPSA) is 92.6 Å². The fourth-order valence-corrected chi connectivity index (χ4v) is 4.05. The van der Waals surface area contributed by atoms with E-state index in [-0.39, 0.29) is 23.1 Å². The average Bonchev–Trinajstić information content (AvgIpc) is 2.72. The lowest BCUT2D eigenvalue weighted by atomic mass is 10.1. The van der Waals surface area contributed by atoms with Crippen LogP contribution in [0.3, 0.4) is 0 Å². The smallest absolute Gasteiger partial charge is 0.283 e. The van der Waals surface area contributed by atoms with Gasteiger partial charge in [0.05, 0.1) is 9.82 Å². The molecule has 2 amide bonds. The van der Waals surface area contributed by atoms with E-state index in [1.54, 1.807) is 50.5 Å². The Balaban J connectivity index is 2.11. The lowest BCUT2D eigenvalue weighted by Gasteiger charge is -2.18. The second-order valence-electron chi connectivity index (χ2n) is 7.41. The summed E-state index contributed by atoms with van der Waals surface area (Å²) in [7, 11) is 3.21. The van der Waals surface area contributed by atoms with E-state index in [1.165, 1.54) is 22.7 Å². The van der Waals surface area contributed by atoms with Crippen LogP contribution in [-0.4, -0.2) is 41.5 Å². The van der Waals surface area contributed by atoms with Crippen molar-refractivity contribution in [1.29, 1.82) is 0 Å². The zero-order chi connectivity index (χ0) is 22.3. The number of hydrogen-bond donors (Lipinski definition) is 1. The molecule has 0 saturated heterocycles. The lowest BCUT2D eigenvalue weighted by molar-refractivity contribution is -0.387. The van der Waals surface area contributed by atoms with E-state index in [2.05, 4.69) is 19.2 Å². The number of nitro groups is 1. The number of amides is 2. The number of nitrogens with zero attached hydrogens (tertiary/aromatic N) is 2. The fraction of sp³-hybridized carbons (Fsp3) is 0.364. The molecule has 8 heteroatoms. The zero-order valence-corrected chi connectivity index (χ0v) is 18.5. The average molecular weight is 430 g/mol. The third kappa shape index (κ3) is 6.32. The molecule has 2 rings (SSSR count). The summed E-state index contributed by atoms with van der Waals surface area (Å²) in [5, 5.41) is 14.1. The van der Waals surface area contributed by atoms with Crippen molar-refractivity contribution in [1.82, 2.24) is 10.2 Å². The highest BCUT2D eigenvalue weighted by Gasteiger charge is 2.20. The first-order chi connectivity index (χ1) is 14.2. The molecule has 0 aromatic heterocycles. The predicted molar refractivity (Wildman–Crippen MR) is 119 cm³/mol. The van der Waals surface area contributed by atoms with Gasteiger partial charge in [0, 0.05) is 37.8 Å². The molecule has 2 aromatic rings. The summed E-state index contributed by atoms with van der Waals surface area (Å²) in [5.41, 5.74) is 1.63. The Kier molecular flexibility index (Phi) is 8.41. The van der Waals surface area contributed by atoms with Crippen LogP contribution in [0.25, 0.3) is 0 Å². The van der Waals surface area contributed by atoms with Gasteiger partial charge in [0.15, 0.2) is 0 Å². The summed E-state index contributed by atoms with van der Waals surface area (Å²) in [6.07, 6.45) is 0.962. The molecule has 0 atom stereocenters. The number of nitro benzene ring substituents is 1. The van der Waals surface area contributed by atoms with Gasteiger partial charge in [0.25, 0.3) is 17.5 Å². The molecular formula is C22H27N3O4S. The number of carbonyl (C=O) groups excluding carboxylic acids is 2. The van der Waals surface area contributed by atoms with Crippen molar-refractivity contribution in [2.24, 2.45) is 5.92 Å². The normalized spacial score (nSPS) is 10.7. The van der Waals surface area contributed by atoms with Crippen LogP contribution in [0.1, 0.15) is 46.5 Å². The minimum Gasteiger partial charge on any atom is -0.355 e. The van der Waals surface area contributed by atoms with Gasteiger partial charge in [-0.3, -0.25) is 19.7 Å². The third-order valence-electron chi connectivity index (χ3n) is 4.56. The summed E-state index contributed by atoms with van der Waals surface area (Å²) in [6.45, 7) is 4.54. The van der Waals surface area contributed by atoms with Crippen LogP contribution in [-0.2, 0) is 6.54 Å². The Morgan fingerprint density at radius 2 is 1.77 bits per heavy atom. The molecular weight excluding hydrogens is 402 g/mol. The SMILES string of the molecule is CNC(=O)c1ccc(CN(C)C(=O)c2ccc(SCCC(C)C)c([N+](=O)[O-])c2)cc1. The summed E-state index contributed by atoms with van der Waals surface area (Å²) in [6, 6.07) is 11.6. The Morgan fingerprint density at radius 3 is 2.33 bits per heavy atom. The van der Waals surface area contributed by atoms with Crippen molar-refractivity contribution in [3.8, 4) is 0 Å². The highest BCUT2D eigenvalue weighted by atomic mass is 32.2. The van der Waals surface area contributed by atoms with Gasteiger partial charge in [-0.25, -0.2) is 0 Å². The summed E-state index contributed by atoms with van der Waals surface area (Å²) >= 11 is 1.44. The first-order valence-corrected chi connectivity index (χ1v) is 10.7. The first kappa shape index (κ1) is 23.4. The standard InChI is InChI=1S/C22H27N3O4S/c1-15(2)11-12-30-20-10-9-18(13-19(20)25(28)29)22(27)24(4)14-16-5-7-17(8-6-16)21(26)23-3/h5-10,13,15H,11-12,14H2,1-4H3,(H,23,26). The van der Waals surface area contributed by atoms with Gasteiger partial charge >= 0.3 is 0 Å². The third-order valence-corrected chi connectivity index (χ3v) is 5.66. The summed E-state index contributed by atoms with van der Waals surface area (Å²) in [4.78, 5) is 37.5. The van der Waals surface area contributed by atoms with Crippen LogP contribution < -0.4 is 5.32 Å². The van der Waals surface area contributed by atoms with Crippen molar-refractivity contribution >= 4 is 29.3 Å². The van der Waals surface area contributed by atoms with Crippen molar-refractivity contribution in [3.63, 3.8) is 0 Å². The van der Waals surface area contributed by atoms with Crippen LogP contribution in [0.4, 0.5) is 5.69 Å². The molecule has 0 fully saturated rings. The number of rotatable bonds is 9. The van der Waals surface area contributed by atoms with Gasteiger partial charge in [-0.2, -0.15) is 0 Å². The molecule has 0 heterocycles. The Labute approximate surface area is 181 Å². The molecule has 0 radical (unpaired) electrons. The monoisotopic (exact) mass is 429 g/mol. The molecule has 30 heavy (non-hydrogen) atoms. The van der Waals surface area contributed by atoms with Gasteiger partial charge in [0.2, 0.25) is 0 Å². The molecule has 0 aliphatic carbocycles. The molecule has 0 unspecified atom stereocenters. The minimum atomic E-state index is -0.439. The maximum absolute atomic E-state index is 12.8. The Bertz CT molecular complexity index is 913. The van der Waals surface area contributed by atoms with E-state index < -0.39 is 4.92 Å². The van der Waals surface area contributed by atoms with Gasteiger partial charge in [0.1, 0.15) is 0 Å². The first-order valence-electron chi connectivity index (χ1n) is 9.70. The van der Waals surface area contributed by atoms with Gasteiger partial charge < -0.3 is 10.2 Å². The van der Waals surface area contributed by atoms with Gasteiger partial charge in [-0.1, -0.05) is 26.0 Å².